The van der Waals surface area contributed by atoms with Crippen molar-refractivity contribution in [3.63, 3.8) is 0 Å². The van der Waals surface area contributed by atoms with Crippen molar-refractivity contribution >= 4 is 17.8 Å². The average Bonchev–Trinajstić information content (AvgIpc) is 3.06. The van der Waals surface area contributed by atoms with Crippen LogP contribution in [0.25, 0.3) is 0 Å². The second kappa shape index (κ2) is 5.45. The number of likely N-dealkylation sites (N-methyl/N-ethyl adjacent to an activating group) is 1. The second-order valence-corrected chi connectivity index (χ2v) is 5.47. The van der Waals surface area contributed by atoms with Gasteiger partial charge in [0.05, 0.1) is 0 Å². The molecule has 2 aliphatic heterocycles. The number of imide groups is 1. The van der Waals surface area contributed by atoms with Crippen LogP contribution in [0.1, 0.15) is 19.4 Å². The summed E-state index contributed by atoms with van der Waals surface area (Å²) in [5.41, 5.74) is -0.677. The number of amides is 4. The van der Waals surface area contributed by atoms with Gasteiger partial charge in [-0.2, -0.15) is 0 Å². The summed E-state index contributed by atoms with van der Waals surface area (Å²) in [6, 6.07) is 4.45. The minimum absolute atomic E-state index is 0.124. The lowest BCUT2D eigenvalue weighted by Gasteiger charge is -2.22. The molecule has 2 N–H and O–H groups in total. The Morgan fingerprint density at radius 3 is 2.83 bits per heavy atom. The summed E-state index contributed by atoms with van der Waals surface area (Å²) in [5.74, 6) is 0.250. The number of carbonyl (C=O) groups is 3. The zero-order valence-corrected chi connectivity index (χ0v) is 12.8. The summed E-state index contributed by atoms with van der Waals surface area (Å²) in [7, 11) is 0. The molecule has 122 valence electrons. The summed E-state index contributed by atoms with van der Waals surface area (Å²) in [5, 5.41) is 5.21. The van der Waals surface area contributed by atoms with E-state index >= 15 is 0 Å². The highest BCUT2D eigenvalue weighted by Gasteiger charge is 2.49. The molecule has 2 aliphatic rings. The Bertz CT molecular complexity index is 690. The van der Waals surface area contributed by atoms with Crippen LogP contribution in [0, 0.1) is 0 Å². The number of nitrogens with zero attached hydrogens (tertiary/aromatic N) is 1. The number of carbonyl (C=O) groups excluding carboxylic acids is 3. The quantitative estimate of drug-likeness (QED) is 0.779. The van der Waals surface area contributed by atoms with Crippen molar-refractivity contribution in [1.82, 2.24) is 15.5 Å². The van der Waals surface area contributed by atoms with E-state index in [-0.39, 0.29) is 19.2 Å². The number of fused-ring (bicyclic) bond motifs is 1. The molecule has 1 fully saturated rings. The fourth-order valence-electron chi connectivity index (χ4n) is 2.64. The van der Waals surface area contributed by atoms with E-state index in [1.807, 2.05) is 0 Å². The molecule has 1 unspecified atom stereocenters. The first kappa shape index (κ1) is 15.1. The highest BCUT2D eigenvalue weighted by Crippen LogP contribution is 2.37. The molecule has 0 spiro atoms. The molecule has 1 aromatic rings. The van der Waals surface area contributed by atoms with E-state index in [1.54, 1.807) is 32.0 Å². The first-order valence-electron chi connectivity index (χ1n) is 7.26. The number of rotatable bonds is 4. The standard InChI is InChI=1S/C15H17N3O5/c1-3-16-12(19)7-18-13(20)15(2,17-14(18)21)9-4-5-10-11(6-9)23-8-22-10/h4-6H,3,7-8H2,1-2H3,(H,16,19)(H,17,21). The van der Waals surface area contributed by atoms with E-state index in [2.05, 4.69) is 10.6 Å². The molecule has 0 aliphatic carbocycles. The van der Waals surface area contributed by atoms with Gasteiger partial charge in [0.1, 0.15) is 12.1 Å². The molecule has 0 aromatic heterocycles. The largest absolute Gasteiger partial charge is 0.454 e. The Balaban J connectivity index is 1.86. The number of urea groups is 1. The third-order valence-corrected chi connectivity index (χ3v) is 3.90. The highest BCUT2D eigenvalue weighted by atomic mass is 16.7. The van der Waals surface area contributed by atoms with Crippen LogP contribution in [0.15, 0.2) is 18.2 Å². The van der Waals surface area contributed by atoms with Crippen LogP contribution in [0.5, 0.6) is 11.5 Å². The predicted molar refractivity (Wildman–Crippen MR) is 78.8 cm³/mol. The zero-order chi connectivity index (χ0) is 16.6. The molecule has 3 rings (SSSR count). The maximum absolute atomic E-state index is 12.7. The Morgan fingerprint density at radius 2 is 2.09 bits per heavy atom. The number of nitrogens with one attached hydrogen (secondary N) is 2. The molecular weight excluding hydrogens is 302 g/mol. The highest BCUT2D eigenvalue weighted by molar-refractivity contribution is 6.09. The molecule has 0 bridgehead atoms. The summed E-state index contributed by atoms with van der Waals surface area (Å²) >= 11 is 0. The van der Waals surface area contributed by atoms with Gasteiger partial charge in [0.2, 0.25) is 12.7 Å². The Labute approximate surface area is 132 Å². The zero-order valence-electron chi connectivity index (χ0n) is 12.8. The van der Waals surface area contributed by atoms with Crippen LogP contribution >= 0.6 is 0 Å². The van der Waals surface area contributed by atoms with Gasteiger partial charge >= 0.3 is 6.03 Å². The number of hydrogen-bond acceptors (Lipinski definition) is 5. The van der Waals surface area contributed by atoms with E-state index < -0.39 is 17.5 Å². The minimum atomic E-state index is -1.25. The smallest absolute Gasteiger partial charge is 0.325 e. The molecule has 8 heteroatoms. The molecule has 0 saturated carbocycles. The predicted octanol–water partition coefficient (Wildman–Crippen LogP) is 0.318. The lowest BCUT2D eigenvalue weighted by Crippen LogP contribution is -2.43. The van der Waals surface area contributed by atoms with Gasteiger partial charge in [-0.3, -0.25) is 14.5 Å². The molecule has 4 amide bonds. The third kappa shape index (κ3) is 2.45. The maximum atomic E-state index is 12.7. The van der Waals surface area contributed by atoms with Crippen LogP contribution < -0.4 is 20.1 Å². The average molecular weight is 319 g/mol. The van der Waals surface area contributed by atoms with Gasteiger partial charge in [0.25, 0.3) is 5.91 Å². The van der Waals surface area contributed by atoms with Crippen molar-refractivity contribution in [3.8, 4) is 11.5 Å². The topological polar surface area (TPSA) is 97.0 Å². The molecule has 1 aromatic carbocycles. The van der Waals surface area contributed by atoms with Gasteiger partial charge < -0.3 is 20.1 Å². The lowest BCUT2D eigenvalue weighted by atomic mass is 9.91. The molecule has 0 radical (unpaired) electrons. The van der Waals surface area contributed by atoms with E-state index in [0.29, 0.717) is 23.6 Å². The first-order chi connectivity index (χ1) is 11.0. The van der Waals surface area contributed by atoms with Crippen molar-refractivity contribution < 1.29 is 23.9 Å². The van der Waals surface area contributed by atoms with Gasteiger partial charge in [0.15, 0.2) is 11.5 Å². The van der Waals surface area contributed by atoms with Crippen LogP contribution in [0.3, 0.4) is 0 Å². The van der Waals surface area contributed by atoms with Crippen molar-refractivity contribution in [2.24, 2.45) is 0 Å². The van der Waals surface area contributed by atoms with Crippen molar-refractivity contribution in [2.45, 2.75) is 19.4 Å². The number of hydrogen-bond donors (Lipinski definition) is 2. The van der Waals surface area contributed by atoms with Crippen LogP contribution in [0.2, 0.25) is 0 Å². The van der Waals surface area contributed by atoms with Crippen LogP contribution in [0.4, 0.5) is 4.79 Å². The Kier molecular flexibility index (Phi) is 3.59. The van der Waals surface area contributed by atoms with E-state index in [4.69, 9.17) is 9.47 Å². The molecule has 1 atom stereocenters. The van der Waals surface area contributed by atoms with E-state index in [1.165, 1.54) is 0 Å². The van der Waals surface area contributed by atoms with Gasteiger partial charge in [0, 0.05) is 6.54 Å². The molecule has 1 saturated heterocycles. The summed E-state index contributed by atoms with van der Waals surface area (Å²) < 4.78 is 10.5. The molecule has 8 nitrogen and oxygen atoms in total. The molecule has 2 heterocycles. The molecule has 23 heavy (non-hydrogen) atoms. The molecular formula is C15H17N3O5. The van der Waals surface area contributed by atoms with Gasteiger partial charge in [-0.15, -0.1) is 0 Å². The monoisotopic (exact) mass is 319 g/mol. The summed E-state index contributed by atoms with van der Waals surface area (Å²) in [6.07, 6.45) is 0. The third-order valence-electron chi connectivity index (χ3n) is 3.90. The lowest BCUT2D eigenvalue weighted by molar-refractivity contribution is -0.134. The fraction of sp³-hybridized carbons (Fsp3) is 0.400. The fourth-order valence-corrected chi connectivity index (χ4v) is 2.64. The minimum Gasteiger partial charge on any atom is -0.454 e. The van der Waals surface area contributed by atoms with Crippen LogP contribution in [-0.2, 0) is 15.1 Å². The maximum Gasteiger partial charge on any atom is 0.325 e. The van der Waals surface area contributed by atoms with Gasteiger partial charge in [-0.1, -0.05) is 6.07 Å². The number of benzene rings is 1. The second-order valence-electron chi connectivity index (χ2n) is 5.47. The SMILES string of the molecule is CCNC(=O)CN1C(=O)NC(C)(c2ccc3c(c2)OCO3)C1=O. The summed E-state index contributed by atoms with van der Waals surface area (Å²) in [6.45, 7) is 3.61. The van der Waals surface area contributed by atoms with Crippen molar-refractivity contribution in [3.05, 3.63) is 23.8 Å². The van der Waals surface area contributed by atoms with Gasteiger partial charge in [-0.25, -0.2) is 4.79 Å². The van der Waals surface area contributed by atoms with Crippen molar-refractivity contribution in [1.29, 1.82) is 0 Å². The normalized spacial score (nSPS) is 22.3. The summed E-state index contributed by atoms with van der Waals surface area (Å²) in [4.78, 5) is 37.4. The van der Waals surface area contributed by atoms with E-state index in [9.17, 15) is 14.4 Å². The Hall–Kier alpha value is -2.77. The van der Waals surface area contributed by atoms with Crippen molar-refractivity contribution in [2.75, 3.05) is 19.9 Å². The number of ether oxygens (including phenoxy) is 2. The Morgan fingerprint density at radius 1 is 1.35 bits per heavy atom. The van der Waals surface area contributed by atoms with Crippen LogP contribution in [-0.4, -0.2) is 42.6 Å². The van der Waals surface area contributed by atoms with Gasteiger partial charge in [-0.05, 0) is 31.5 Å². The van der Waals surface area contributed by atoms with E-state index in [0.717, 1.165) is 4.90 Å². The first-order valence-corrected chi connectivity index (χ1v) is 7.26.